The molecule has 5 rings (SSSR count). The van der Waals surface area contributed by atoms with E-state index in [1.807, 2.05) is 61.0 Å². The number of aromatic nitrogens is 2. The molecular weight excluding hydrogens is 526 g/mol. The van der Waals surface area contributed by atoms with E-state index in [1.54, 1.807) is 11.1 Å². The van der Waals surface area contributed by atoms with Gasteiger partial charge in [0.2, 0.25) is 0 Å². The number of carbonyl (C=O) groups is 2. The normalized spacial score (nSPS) is 17.1. The molecule has 2 aliphatic heterocycles. The number of pyridine rings is 1. The molecular formula is C31H40ClN5O3. The van der Waals surface area contributed by atoms with Gasteiger partial charge in [-0.3, -0.25) is 4.90 Å². The van der Waals surface area contributed by atoms with Crippen molar-refractivity contribution in [1.29, 1.82) is 0 Å². The van der Waals surface area contributed by atoms with Crippen LogP contribution in [-0.2, 0) is 11.2 Å². The van der Waals surface area contributed by atoms with Gasteiger partial charge in [-0.2, -0.15) is 0 Å². The van der Waals surface area contributed by atoms with Gasteiger partial charge in [0.25, 0.3) is 0 Å². The Morgan fingerprint density at radius 3 is 2.67 bits per heavy atom. The third kappa shape index (κ3) is 6.07. The fourth-order valence-corrected chi connectivity index (χ4v) is 6.11. The Labute approximate surface area is 241 Å². The molecule has 2 saturated heterocycles. The van der Waals surface area contributed by atoms with Crippen LogP contribution in [-0.4, -0.2) is 70.2 Å². The predicted octanol–water partition coefficient (Wildman–Crippen LogP) is 7.12. The second-order valence-electron chi connectivity index (χ2n) is 11.9. The quantitative estimate of drug-likeness (QED) is 0.345. The third-order valence-electron chi connectivity index (χ3n) is 7.95. The number of aromatic amines is 1. The number of nitrogens with one attached hydrogen (secondary N) is 1. The zero-order valence-electron chi connectivity index (χ0n) is 24.0. The van der Waals surface area contributed by atoms with E-state index in [-0.39, 0.29) is 12.1 Å². The maximum absolute atomic E-state index is 13.6. The molecule has 2 aliphatic rings. The van der Waals surface area contributed by atoms with Crippen molar-refractivity contribution in [3.63, 3.8) is 0 Å². The molecule has 0 bridgehead atoms. The smallest absolute Gasteiger partial charge is 0.410 e. The molecule has 1 N–H and O–H groups in total. The molecule has 3 amide bonds. The molecule has 8 nitrogen and oxygen atoms in total. The highest BCUT2D eigenvalue weighted by molar-refractivity contribution is 6.38. The summed E-state index contributed by atoms with van der Waals surface area (Å²) >= 11 is 6.88. The number of urea groups is 1. The number of hydrogen-bond acceptors (Lipinski definition) is 4. The molecule has 9 heteroatoms. The first-order chi connectivity index (χ1) is 19.1. The van der Waals surface area contributed by atoms with Crippen LogP contribution in [0.4, 0.5) is 15.3 Å². The molecule has 0 unspecified atom stereocenters. The van der Waals surface area contributed by atoms with Crippen LogP contribution in [0.3, 0.4) is 0 Å². The molecule has 0 radical (unpaired) electrons. The topological polar surface area (TPSA) is 81.8 Å². The maximum Gasteiger partial charge on any atom is 0.410 e. The Kier molecular flexibility index (Phi) is 8.26. The molecule has 4 heterocycles. The van der Waals surface area contributed by atoms with Gasteiger partial charge in [-0.1, -0.05) is 30.7 Å². The van der Waals surface area contributed by atoms with Crippen LogP contribution in [0.15, 0.2) is 36.7 Å². The van der Waals surface area contributed by atoms with Gasteiger partial charge >= 0.3 is 12.1 Å². The lowest BCUT2D eigenvalue weighted by Gasteiger charge is -2.37. The molecule has 0 saturated carbocycles. The largest absolute Gasteiger partial charge is 0.444 e. The molecule has 214 valence electrons. The number of halogens is 1. The number of piperidine rings is 1. The number of fused-ring (bicyclic) bond motifs is 1. The molecule has 0 spiro atoms. The number of rotatable bonds is 6. The second kappa shape index (κ2) is 11.7. The monoisotopic (exact) mass is 565 g/mol. The van der Waals surface area contributed by atoms with E-state index < -0.39 is 5.60 Å². The van der Waals surface area contributed by atoms with Crippen LogP contribution in [0.5, 0.6) is 0 Å². The van der Waals surface area contributed by atoms with Crippen molar-refractivity contribution >= 4 is 40.4 Å². The summed E-state index contributed by atoms with van der Waals surface area (Å²) in [6.07, 6.45) is 8.15. The SMILES string of the molecule is CCc1c[nH]c2ncc(-c3cccc(N4CCCN(CCC5CCN(C(=O)OC(C)(C)C)CC5)C4=O)c3)c(Cl)c12. The van der Waals surface area contributed by atoms with Crippen molar-refractivity contribution in [3.8, 4) is 11.1 Å². The number of ether oxygens (including phenoxy) is 1. The number of amides is 3. The summed E-state index contributed by atoms with van der Waals surface area (Å²) in [5.74, 6) is 0.496. The van der Waals surface area contributed by atoms with E-state index in [0.29, 0.717) is 30.6 Å². The summed E-state index contributed by atoms with van der Waals surface area (Å²) in [5.41, 5.74) is 4.14. The number of hydrogen-bond donors (Lipinski definition) is 1. The summed E-state index contributed by atoms with van der Waals surface area (Å²) in [7, 11) is 0. The minimum absolute atomic E-state index is 0.0492. The van der Waals surface area contributed by atoms with E-state index >= 15 is 0 Å². The van der Waals surface area contributed by atoms with Gasteiger partial charge in [-0.15, -0.1) is 0 Å². The molecule has 1 aromatic carbocycles. The minimum Gasteiger partial charge on any atom is -0.444 e. The van der Waals surface area contributed by atoms with E-state index in [1.165, 1.54) is 0 Å². The Hall–Kier alpha value is -3.26. The van der Waals surface area contributed by atoms with Crippen LogP contribution in [0.25, 0.3) is 22.2 Å². The third-order valence-corrected chi connectivity index (χ3v) is 8.35. The highest BCUT2D eigenvalue weighted by Gasteiger charge is 2.30. The molecule has 0 atom stereocenters. The fraction of sp³-hybridized carbons (Fsp3) is 0.516. The van der Waals surface area contributed by atoms with Crippen LogP contribution in [0.2, 0.25) is 5.02 Å². The van der Waals surface area contributed by atoms with Gasteiger partial charge in [0.15, 0.2) is 0 Å². The van der Waals surface area contributed by atoms with Crippen molar-refractivity contribution in [2.75, 3.05) is 37.6 Å². The van der Waals surface area contributed by atoms with Gasteiger partial charge in [0, 0.05) is 61.8 Å². The summed E-state index contributed by atoms with van der Waals surface area (Å²) in [5, 5.41) is 1.65. The first-order valence-corrected chi connectivity index (χ1v) is 14.8. The first-order valence-electron chi connectivity index (χ1n) is 14.4. The van der Waals surface area contributed by atoms with E-state index in [2.05, 4.69) is 16.9 Å². The molecule has 3 aromatic rings. The lowest BCUT2D eigenvalue weighted by atomic mass is 9.93. The highest BCUT2D eigenvalue weighted by atomic mass is 35.5. The van der Waals surface area contributed by atoms with Crippen LogP contribution < -0.4 is 4.90 Å². The minimum atomic E-state index is -0.481. The summed E-state index contributed by atoms with van der Waals surface area (Å²) in [6.45, 7) is 11.4. The first kappa shape index (κ1) is 28.3. The summed E-state index contributed by atoms with van der Waals surface area (Å²) < 4.78 is 5.52. The number of anilines is 1. The Morgan fingerprint density at radius 2 is 1.95 bits per heavy atom. The van der Waals surface area contributed by atoms with Crippen molar-refractivity contribution in [2.45, 2.75) is 65.4 Å². The lowest BCUT2D eigenvalue weighted by molar-refractivity contribution is 0.0179. The Morgan fingerprint density at radius 1 is 1.18 bits per heavy atom. The van der Waals surface area contributed by atoms with Crippen LogP contribution in [0.1, 0.15) is 58.9 Å². The van der Waals surface area contributed by atoms with Gasteiger partial charge in [0.1, 0.15) is 11.2 Å². The number of aryl methyl sites for hydroxylation is 1. The average Bonchev–Trinajstić information content (AvgIpc) is 3.36. The highest BCUT2D eigenvalue weighted by Crippen LogP contribution is 2.36. The number of nitrogens with zero attached hydrogens (tertiary/aromatic N) is 4. The molecule has 2 aromatic heterocycles. The number of likely N-dealkylation sites (tertiary alicyclic amines) is 1. The van der Waals surface area contributed by atoms with Crippen molar-refractivity contribution in [3.05, 3.63) is 47.2 Å². The van der Waals surface area contributed by atoms with E-state index in [4.69, 9.17) is 16.3 Å². The standard InChI is InChI=1S/C31H40ClN5O3/c1-5-22-19-33-28-26(22)27(32)25(20-34-28)23-8-6-9-24(18-23)37-14-7-13-35(29(37)38)15-10-21-11-16-36(17-12-21)30(39)40-31(2,3)4/h6,8-9,18-21H,5,7,10-17H2,1-4H3,(H,33,34). The van der Waals surface area contributed by atoms with Crippen LogP contribution in [0, 0.1) is 5.92 Å². The summed E-state index contributed by atoms with van der Waals surface area (Å²) in [4.78, 5) is 39.4. The predicted molar refractivity (Wildman–Crippen MR) is 160 cm³/mol. The average molecular weight is 566 g/mol. The number of H-pyrrole nitrogens is 1. The zero-order valence-corrected chi connectivity index (χ0v) is 24.8. The molecule has 40 heavy (non-hydrogen) atoms. The van der Waals surface area contributed by atoms with Crippen molar-refractivity contribution in [2.24, 2.45) is 5.92 Å². The van der Waals surface area contributed by atoms with E-state index in [0.717, 1.165) is 78.6 Å². The molecule has 0 aliphatic carbocycles. The van der Waals surface area contributed by atoms with Gasteiger partial charge in [0.05, 0.1) is 5.02 Å². The lowest BCUT2D eigenvalue weighted by Crippen LogP contribution is -2.50. The zero-order chi connectivity index (χ0) is 28.4. The van der Waals surface area contributed by atoms with Crippen LogP contribution >= 0.6 is 11.6 Å². The Balaban J connectivity index is 1.22. The van der Waals surface area contributed by atoms with Crippen molar-refractivity contribution in [1.82, 2.24) is 19.8 Å². The fourth-order valence-electron chi connectivity index (χ4n) is 5.74. The number of benzene rings is 1. The van der Waals surface area contributed by atoms with E-state index in [9.17, 15) is 9.59 Å². The summed E-state index contributed by atoms with van der Waals surface area (Å²) in [6, 6.07) is 8.08. The Bertz CT molecular complexity index is 1370. The van der Waals surface area contributed by atoms with Crippen molar-refractivity contribution < 1.29 is 14.3 Å². The maximum atomic E-state index is 13.6. The molecule has 2 fully saturated rings. The number of carbonyl (C=O) groups excluding carboxylic acids is 2. The van der Waals surface area contributed by atoms with Gasteiger partial charge < -0.3 is 19.5 Å². The second-order valence-corrected chi connectivity index (χ2v) is 12.3. The van der Waals surface area contributed by atoms with Gasteiger partial charge in [-0.25, -0.2) is 14.6 Å². The van der Waals surface area contributed by atoms with Gasteiger partial charge in [-0.05, 0) is 82.1 Å².